The zero-order valence-electron chi connectivity index (χ0n) is 9.88. The summed E-state index contributed by atoms with van der Waals surface area (Å²) in [7, 11) is 1.38. The summed E-state index contributed by atoms with van der Waals surface area (Å²) >= 11 is 0. The standard InChI is InChI=1S/C13H14N2O2/c1-10-7-8-15(14-10)9-11-3-5-12(6-4-11)13(16)17-2/h3-8H,9H2,1-2H3. The molecule has 0 unspecified atom stereocenters. The molecule has 0 aliphatic heterocycles. The second-order valence-corrected chi connectivity index (χ2v) is 3.84. The van der Waals surface area contributed by atoms with Gasteiger partial charge in [0.05, 0.1) is 24.9 Å². The largest absolute Gasteiger partial charge is 0.465 e. The minimum Gasteiger partial charge on any atom is -0.465 e. The van der Waals surface area contributed by atoms with Gasteiger partial charge in [-0.15, -0.1) is 0 Å². The fraction of sp³-hybridized carbons (Fsp3) is 0.231. The highest BCUT2D eigenvalue weighted by atomic mass is 16.5. The Morgan fingerprint density at radius 1 is 1.29 bits per heavy atom. The molecule has 4 heteroatoms. The predicted octanol–water partition coefficient (Wildman–Crippen LogP) is 2.03. The lowest BCUT2D eigenvalue weighted by Gasteiger charge is -2.03. The van der Waals surface area contributed by atoms with Gasteiger partial charge in [0.15, 0.2) is 0 Å². The van der Waals surface area contributed by atoms with Gasteiger partial charge in [-0.2, -0.15) is 5.10 Å². The van der Waals surface area contributed by atoms with E-state index in [1.165, 1.54) is 7.11 Å². The van der Waals surface area contributed by atoms with Gasteiger partial charge in [0.2, 0.25) is 0 Å². The average Bonchev–Trinajstić information content (AvgIpc) is 2.75. The molecule has 88 valence electrons. The summed E-state index contributed by atoms with van der Waals surface area (Å²) in [6.45, 7) is 2.66. The van der Waals surface area contributed by atoms with Gasteiger partial charge in [0.1, 0.15) is 0 Å². The highest BCUT2D eigenvalue weighted by Gasteiger charge is 2.04. The monoisotopic (exact) mass is 230 g/mol. The van der Waals surface area contributed by atoms with E-state index in [9.17, 15) is 4.79 Å². The van der Waals surface area contributed by atoms with Crippen LogP contribution in [0.2, 0.25) is 0 Å². The van der Waals surface area contributed by atoms with Crippen molar-refractivity contribution in [2.75, 3.05) is 7.11 Å². The molecule has 0 saturated heterocycles. The number of carbonyl (C=O) groups excluding carboxylic acids is 1. The molecule has 0 N–H and O–H groups in total. The number of hydrogen-bond donors (Lipinski definition) is 0. The van der Waals surface area contributed by atoms with Crippen molar-refractivity contribution < 1.29 is 9.53 Å². The molecule has 4 nitrogen and oxygen atoms in total. The first-order valence-electron chi connectivity index (χ1n) is 5.36. The van der Waals surface area contributed by atoms with Crippen LogP contribution in [0.1, 0.15) is 21.6 Å². The number of methoxy groups -OCH3 is 1. The van der Waals surface area contributed by atoms with Crippen molar-refractivity contribution >= 4 is 5.97 Å². The Morgan fingerprint density at radius 3 is 2.53 bits per heavy atom. The van der Waals surface area contributed by atoms with E-state index in [1.54, 1.807) is 12.1 Å². The number of carbonyl (C=O) groups is 1. The smallest absolute Gasteiger partial charge is 0.337 e. The number of esters is 1. The van der Waals surface area contributed by atoms with Crippen LogP contribution in [0.3, 0.4) is 0 Å². The summed E-state index contributed by atoms with van der Waals surface area (Å²) in [6.07, 6.45) is 1.93. The van der Waals surface area contributed by atoms with Crippen LogP contribution in [0.5, 0.6) is 0 Å². The highest BCUT2D eigenvalue weighted by molar-refractivity contribution is 5.89. The lowest BCUT2D eigenvalue weighted by molar-refractivity contribution is 0.0600. The zero-order valence-corrected chi connectivity index (χ0v) is 9.88. The van der Waals surface area contributed by atoms with Crippen LogP contribution >= 0.6 is 0 Å². The van der Waals surface area contributed by atoms with Crippen LogP contribution in [0.4, 0.5) is 0 Å². The Kier molecular flexibility index (Phi) is 3.23. The minimum atomic E-state index is -0.313. The van der Waals surface area contributed by atoms with Gasteiger partial charge in [0, 0.05) is 6.20 Å². The molecule has 0 aliphatic carbocycles. The van der Waals surface area contributed by atoms with Crippen molar-refractivity contribution in [3.63, 3.8) is 0 Å². The second-order valence-electron chi connectivity index (χ2n) is 3.84. The molecule has 0 aliphatic rings. The first-order valence-corrected chi connectivity index (χ1v) is 5.36. The number of ether oxygens (including phenoxy) is 1. The van der Waals surface area contributed by atoms with Crippen LogP contribution in [0.15, 0.2) is 36.5 Å². The van der Waals surface area contributed by atoms with E-state index in [2.05, 4.69) is 9.84 Å². The summed E-state index contributed by atoms with van der Waals surface area (Å²) in [6, 6.07) is 9.30. The molecule has 0 atom stereocenters. The van der Waals surface area contributed by atoms with Gasteiger partial charge < -0.3 is 4.74 Å². The van der Waals surface area contributed by atoms with Crippen molar-refractivity contribution in [3.05, 3.63) is 53.3 Å². The molecule has 2 rings (SSSR count). The number of aryl methyl sites for hydroxylation is 1. The number of nitrogens with zero attached hydrogens (tertiary/aromatic N) is 2. The summed E-state index contributed by atoms with van der Waals surface area (Å²) in [5.41, 5.74) is 2.66. The van der Waals surface area contributed by atoms with Gasteiger partial charge in [-0.05, 0) is 30.7 Å². The second kappa shape index (κ2) is 4.82. The van der Waals surface area contributed by atoms with Crippen LogP contribution in [0.25, 0.3) is 0 Å². The molecule has 0 radical (unpaired) electrons. The SMILES string of the molecule is COC(=O)c1ccc(Cn2ccc(C)n2)cc1. The van der Waals surface area contributed by atoms with E-state index in [-0.39, 0.29) is 5.97 Å². The van der Waals surface area contributed by atoms with Crippen molar-refractivity contribution in [3.8, 4) is 0 Å². The highest BCUT2D eigenvalue weighted by Crippen LogP contribution is 2.07. The molecule has 1 aromatic heterocycles. The summed E-state index contributed by atoms with van der Waals surface area (Å²) in [5.74, 6) is -0.313. The molecule has 0 amide bonds. The number of rotatable bonds is 3. The topological polar surface area (TPSA) is 44.1 Å². The number of aromatic nitrogens is 2. The summed E-state index contributed by atoms with van der Waals surface area (Å²) in [4.78, 5) is 11.2. The van der Waals surface area contributed by atoms with Crippen LogP contribution < -0.4 is 0 Å². The third-order valence-electron chi connectivity index (χ3n) is 2.49. The predicted molar refractivity (Wildman–Crippen MR) is 63.8 cm³/mol. The Morgan fingerprint density at radius 2 is 2.00 bits per heavy atom. The average molecular weight is 230 g/mol. The molecule has 17 heavy (non-hydrogen) atoms. The molecular weight excluding hydrogens is 216 g/mol. The number of hydrogen-bond acceptors (Lipinski definition) is 3. The first kappa shape index (κ1) is 11.4. The Hall–Kier alpha value is -2.10. The Balaban J connectivity index is 2.10. The van der Waals surface area contributed by atoms with E-state index in [0.29, 0.717) is 12.1 Å². The van der Waals surface area contributed by atoms with Gasteiger partial charge in [-0.3, -0.25) is 4.68 Å². The van der Waals surface area contributed by atoms with E-state index in [4.69, 9.17) is 0 Å². The van der Waals surface area contributed by atoms with Crippen molar-refractivity contribution in [1.29, 1.82) is 0 Å². The normalized spacial score (nSPS) is 10.2. The van der Waals surface area contributed by atoms with Gasteiger partial charge in [-0.1, -0.05) is 12.1 Å². The maximum absolute atomic E-state index is 11.2. The quantitative estimate of drug-likeness (QED) is 0.758. The van der Waals surface area contributed by atoms with Gasteiger partial charge >= 0.3 is 5.97 Å². The zero-order chi connectivity index (χ0) is 12.3. The maximum Gasteiger partial charge on any atom is 0.337 e. The Bertz CT molecular complexity index is 514. The lowest BCUT2D eigenvalue weighted by Crippen LogP contribution is -2.03. The van der Waals surface area contributed by atoms with Crippen LogP contribution in [-0.2, 0) is 11.3 Å². The van der Waals surface area contributed by atoms with E-state index < -0.39 is 0 Å². The molecule has 1 heterocycles. The van der Waals surface area contributed by atoms with E-state index >= 15 is 0 Å². The summed E-state index contributed by atoms with van der Waals surface area (Å²) in [5, 5.41) is 4.30. The van der Waals surface area contributed by atoms with Crippen molar-refractivity contribution in [2.45, 2.75) is 13.5 Å². The molecule has 0 spiro atoms. The van der Waals surface area contributed by atoms with Crippen LogP contribution in [0, 0.1) is 6.92 Å². The van der Waals surface area contributed by atoms with Gasteiger partial charge in [-0.25, -0.2) is 4.79 Å². The molecule has 1 aromatic carbocycles. The van der Waals surface area contributed by atoms with E-state index in [1.807, 2.05) is 36.0 Å². The molecule has 0 fully saturated rings. The minimum absolute atomic E-state index is 0.313. The summed E-state index contributed by atoms with van der Waals surface area (Å²) < 4.78 is 6.50. The third-order valence-corrected chi connectivity index (χ3v) is 2.49. The van der Waals surface area contributed by atoms with E-state index in [0.717, 1.165) is 11.3 Å². The van der Waals surface area contributed by atoms with Gasteiger partial charge in [0.25, 0.3) is 0 Å². The molecular formula is C13H14N2O2. The molecule has 2 aromatic rings. The Labute approximate surface area is 99.8 Å². The fourth-order valence-electron chi connectivity index (χ4n) is 1.60. The third kappa shape index (κ3) is 2.72. The number of benzene rings is 1. The van der Waals surface area contributed by atoms with Crippen molar-refractivity contribution in [1.82, 2.24) is 9.78 Å². The molecule has 0 saturated carbocycles. The maximum atomic E-state index is 11.2. The fourth-order valence-corrected chi connectivity index (χ4v) is 1.60. The first-order chi connectivity index (χ1) is 8.19. The van der Waals surface area contributed by atoms with Crippen molar-refractivity contribution in [2.24, 2.45) is 0 Å². The van der Waals surface area contributed by atoms with Crippen LogP contribution in [-0.4, -0.2) is 22.9 Å². The molecule has 0 bridgehead atoms. The lowest BCUT2D eigenvalue weighted by atomic mass is 10.1.